The number of nitrogens with one attached hydrogen (secondary N) is 3. The number of piperidine rings is 1. The van der Waals surface area contributed by atoms with Gasteiger partial charge in [0.1, 0.15) is 12.2 Å². The second-order valence-corrected chi connectivity index (χ2v) is 5.13. The number of nitrogens with zero attached hydrogens (tertiary/aromatic N) is 2. The van der Waals surface area contributed by atoms with Crippen LogP contribution in [-0.2, 0) is 11.2 Å². The zero-order valence-corrected chi connectivity index (χ0v) is 10.8. The SMILES string of the molecule is CC1(C(=O)NCCCc2ncn[nH]2)CCCNC1. The van der Waals surface area contributed by atoms with Crippen molar-refractivity contribution in [3.05, 3.63) is 12.2 Å². The number of hydrogen-bond acceptors (Lipinski definition) is 4. The molecule has 18 heavy (non-hydrogen) atoms. The molecule has 1 amide bonds. The quantitative estimate of drug-likeness (QED) is 0.655. The molecule has 3 N–H and O–H groups in total. The smallest absolute Gasteiger partial charge is 0.227 e. The van der Waals surface area contributed by atoms with E-state index in [4.69, 9.17) is 0 Å². The van der Waals surface area contributed by atoms with Crippen molar-refractivity contribution in [2.24, 2.45) is 5.41 Å². The van der Waals surface area contributed by atoms with Crippen LogP contribution in [0.4, 0.5) is 0 Å². The van der Waals surface area contributed by atoms with Gasteiger partial charge in [-0.25, -0.2) is 4.98 Å². The fourth-order valence-electron chi connectivity index (χ4n) is 2.27. The minimum Gasteiger partial charge on any atom is -0.356 e. The van der Waals surface area contributed by atoms with Gasteiger partial charge >= 0.3 is 0 Å². The lowest BCUT2D eigenvalue weighted by molar-refractivity contribution is -0.131. The Kier molecular flexibility index (Phi) is 4.30. The zero-order valence-electron chi connectivity index (χ0n) is 10.8. The number of hydrogen-bond donors (Lipinski definition) is 3. The van der Waals surface area contributed by atoms with Crippen molar-refractivity contribution in [2.45, 2.75) is 32.6 Å². The molecule has 0 saturated carbocycles. The second kappa shape index (κ2) is 5.95. The van der Waals surface area contributed by atoms with Crippen molar-refractivity contribution in [1.29, 1.82) is 0 Å². The molecule has 100 valence electrons. The lowest BCUT2D eigenvalue weighted by atomic mass is 9.82. The van der Waals surface area contributed by atoms with Crippen molar-refractivity contribution >= 4 is 5.91 Å². The fraction of sp³-hybridized carbons (Fsp3) is 0.750. The summed E-state index contributed by atoms with van der Waals surface area (Å²) < 4.78 is 0. The summed E-state index contributed by atoms with van der Waals surface area (Å²) in [6, 6.07) is 0. The number of aryl methyl sites for hydroxylation is 1. The number of H-pyrrole nitrogens is 1. The summed E-state index contributed by atoms with van der Waals surface area (Å²) in [5, 5.41) is 12.9. The first-order valence-electron chi connectivity index (χ1n) is 6.54. The molecule has 1 aliphatic heterocycles. The van der Waals surface area contributed by atoms with E-state index >= 15 is 0 Å². The maximum atomic E-state index is 12.1. The Morgan fingerprint density at radius 1 is 1.61 bits per heavy atom. The van der Waals surface area contributed by atoms with E-state index < -0.39 is 0 Å². The molecule has 1 atom stereocenters. The minimum atomic E-state index is -0.246. The van der Waals surface area contributed by atoms with Crippen LogP contribution >= 0.6 is 0 Å². The summed E-state index contributed by atoms with van der Waals surface area (Å²) in [5.74, 6) is 1.03. The predicted octanol–water partition coefficient (Wildman–Crippen LogP) is 0.243. The van der Waals surface area contributed by atoms with Crippen LogP contribution in [-0.4, -0.2) is 40.7 Å². The van der Waals surface area contributed by atoms with Gasteiger partial charge in [0, 0.05) is 19.5 Å². The monoisotopic (exact) mass is 251 g/mol. The van der Waals surface area contributed by atoms with Gasteiger partial charge in [0.25, 0.3) is 0 Å². The third-order valence-corrected chi connectivity index (χ3v) is 3.49. The average Bonchev–Trinajstić information content (AvgIpc) is 2.88. The van der Waals surface area contributed by atoms with Gasteiger partial charge in [-0.05, 0) is 32.7 Å². The minimum absolute atomic E-state index is 0.160. The standard InChI is InChI=1S/C12H21N5O/c1-12(5-3-6-13-8-12)11(18)14-7-2-4-10-15-9-16-17-10/h9,13H,2-8H2,1H3,(H,14,18)(H,15,16,17). The topological polar surface area (TPSA) is 82.7 Å². The van der Waals surface area contributed by atoms with E-state index in [2.05, 4.69) is 25.8 Å². The Bertz CT molecular complexity index is 370. The third kappa shape index (κ3) is 3.29. The van der Waals surface area contributed by atoms with Crippen molar-refractivity contribution in [1.82, 2.24) is 25.8 Å². The maximum Gasteiger partial charge on any atom is 0.227 e. The van der Waals surface area contributed by atoms with Crippen molar-refractivity contribution in [3.8, 4) is 0 Å². The molecule has 1 fully saturated rings. The number of carbonyl (C=O) groups is 1. The van der Waals surface area contributed by atoms with E-state index in [9.17, 15) is 4.79 Å². The highest BCUT2D eigenvalue weighted by molar-refractivity contribution is 5.82. The molecule has 1 saturated heterocycles. The van der Waals surface area contributed by atoms with Gasteiger partial charge in [-0.15, -0.1) is 0 Å². The van der Waals surface area contributed by atoms with Crippen molar-refractivity contribution < 1.29 is 4.79 Å². The van der Waals surface area contributed by atoms with Crippen LogP contribution in [0.3, 0.4) is 0 Å². The molecule has 2 rings (SSSR count). The molecule has 0 bridgehead atoms. The van der Waals surface area contributed by atoms with Crippen LogP contribution in [0.2, 0.25) is 0 Å². The first-order valence-corrected chi connectivity index (χ1v) is 6.54. The third-order valence-electron chi connectivity index (χ3n) is 3.49. The zero-order chi connectivity index (χ0) is 12.8. The van der Waals surface area contributed by atoms with Gasteiger partial charge in [0.15, 0.2) is 0 Å². The normalized spacial score (nSPS) is 23.8. The highest BCUT2D eigenvalue weighted by Gasteiger charge is 2.34. The molecular formula is C12H21N5O. The number of rotatable bonds is 5. The molecule has 6 heteroatoms. The summed E-state index contributed by atoms with van der Waals surface area (Å²) in [4.78, 5) is 16.1. The molecule has 6 nitrogen and oxygen atoms in total. The highest BCUT2D eigenvalue weighted by Crippen LogP contribution is 2.25. The molecule has 1 aromatic rings. The molecule has 0 aliphatic carbocycles. The van der Waals surface area contributed by atoms with Crippen LogP contribution in [0.25, 0.3) is 0 Å². The summed E-state index contributed by atoms with van der Waals surface area (Å²) in [5.41, 5.74) is -0.246. The van der Waals surface area contributed by atoms with E-state index in [-0.39, 0.29) is 11.3 Å². The second-order valence-electron chi connectivity index (χ2n) is 5.13. The van der Waals surface area contributed by atoms with Gasteiger partial charge in [0.2, 0.25) is 5.91 Å². The Labute approximate surface area is 107 Å². The van der Waals surface area contributed by atoms with E-state index in [1.807, 2.05) is 6.92 Å². The van der Waals surface area contributed by atoms with Crippen molar-refractivity contribution in [2.75, 3.05) is 19.6 Å². The molecule has 2 heterocycles. The summed E-state index contributed by atoms with van der Waals surface area (Å²) in [6.45, 7) is 4.52. The van der Waals surface area contributed by atoms with Crippen LogP contribution < -0.4 is 10.6 Å². The van der Waals surface area contributed by atoms with Gasteiger partial charge in [-0.2, -0.15) is 5.10 Å². The molecular weight excluding hydrogens is 230 g/mol. The Balaban J connectivity index is 1.68. The summed E-state index contributed by atoms with van der Waals surface area (Å²) >= 11 is 0. The van der Waals surface area contributed by atoms with Crippen LogP contribution in [0.5, 0.6) is 0 Å². The molecule has 1 aromatic heterocycles. The van der Waals surface area contributed by atoms with Gasteiger partial charge < -0.3 is 10.6 Å². The first-order chi connectivity index (χ1) is 8.71. The van der Waals surface area contributed by atoms with Gasteiger partial charge in [-0.1, -0.05) is 0 Å². The van der Waals surface area contributed by atoms with Crippen LogP contribution in [0.1, 0.15) is 32.0 Å². The average molecular weight is 251 g/mol. The Morgan fingerprint density at radius 2 is 2.50 bits per heavy atom. The number of amides is 1. The molecule has 0 radical (unpaired) electrons. The van der Waals surface area contributed by atoms with Gasteiger partial charge in [0.05, 0.1) is 5.41 Å². The van der Waals surface area contributed by atoms with E-state index in [0.29, 0.717) is 6.54 Å². The highest BCUT2D eigenvalue weighted by atomic mass is 16.2. The number of carbonyl (C=O) groups excluding carboxylic acids is 1. The Hall–Kier alpha value is -1.43. The van der Waals surface area contributed by atoms with Crippen LogP contribution in [0.15, 0.2) is 6.33 Å². The van der Waals surface area contributed by atoms with Gasteiger partial charge in [-0.3, -0.25) is 9.89 Å². The molecule has 1 unspecified atom stereocenters. The fourth-order valence-corrected chi connectivity index (χ4v) is 2.27. The first kappa shape index (κ1) is 13.0. The summed E-state index contributed by atoms with van der Waals surface area (Å²) in [6.07, 6.45) is 5.23. The molecule has 0 aromatic carbocycles. The van der Waals surface area contributed by atoms with E-state index in [1.165, 1.54) is 6.33 Å². The number of aromatic nitrogens is 3. The maximum absolute atomic E-state index is 12.1. The molecule has 0 spiro atoms. The lowest BCUT2D eigenvalue weighted by Gasteiger charge is -2.32. The van der Waals surface area contributed by atoms with Crippen LogP contribution in [0, 0.1) is 5.41 Å². The van der Waals surface area contributed by atoms with Crippen molar-refractivity contribution in [3.63, 3.8) is 0 Å². The number of aromatic amines is 1. The van der Waals surface area contributed by atoms with E-state index in [0.717, 1.165) is 44.6 Å². The Morgan fingerprint density at radius 3 is 3.17 bits per heavy atom. The predicted molar refractivity (Wildman–Crippen MR) is 67.9 cm³/mol. The summed E-state index contributed by atoms with van der Waals surface area (Å²) in [7, 11) is 0. The lowest BCUT2D eigenvalue weighted by Crippen LogP contribution is -2.48. The largest absolute Gasteiger partial charge is 0.356 e. The molecule has 1 aliphatic rings. The van der Waals surface area contributed by atoms with E-state index in [1.54, 1.807) is 0 Å².